The largest absolute Gasteiger partial charge is 0.456 e. The number of carbonyl (C=O) groups excluding carboxylic acids is 2. The van der Waals surface area contributed by atoms with E-state index in [9.17, 15) is 30.0 Å². The van der Waals surface area contributed by atoms with Crippen molar-refractivity contribution in [1.82, 2.24) is 0 Å². The van der Waals surface area contributed by atoms with Gasteiger partial charge in [-0.15, -0.1) is 0 Å². The Bertz CT molecular complexity index is 1090. The molecule has 4 N–H and O–H groups in total. The molecule has 0 aromatic carbocycles. The average molecular weight is 547 g/mol. The maximum absolute atomic E-state index is 13.5. The van der Waals surface area contributed by atoms with E-state index in [1.807, 2.05) is 13.8 Å². The predicted octanol–water partition coefficient (Wildman–Crippen LogP) is 4.11. The Kier molecular flexibility index (Phi) is 7.20. The van der Waals surface area contributed by atoms with Crippen LogP contribution >= 0.6 is 0 Å². The summed E-state index contributed by atoms with van der Waals surface area (Å²) >= 11 is 0. The van der Waals surface area contributed by atoms with Crippen LogP contribution in [0.3, 0.4) is 0 Å². The van der Waals surface area contributed by atoms with Crippen molar-refractivity contribution in [3.05, 3.63) is 23.8 Å². The summed E-state index contributed by atoms with van der Waals surface area (Å²) in [5, 5.41) is 45.0. The molecule has 0 aromatic rings. The first-order valence-corrected chi connectivity index (χ1v) is 14.6. The number of aliphatic hydroxyl groups excluding tert-OH is 3. The maximum Gasteiger partial charge on any atom is 0.303 e. The highest BCUT2D eigenvalue weighted by Crippen LogP contribution is 2.75. The van der Waals surface area contributed by atoms with Crippen molar-refractivity contribution in [3.63, 3.8) is 0 Å². The molecule has 39 heavy (non-hydrogen) atoms. The molecule has 0 aliphatic heterocycles. The van der Waals surface area contributed by atoms with Gasteiger partial charge in [0, 0.05) is 18.3 Å². The summed E-state index contributed by atoms with van der Waals surface area (Å²) in [6.07, 6.45) is 5.95. The molecule has 10 unspecified atom stereocenters. The van der Waals surface area contributed by atoms with Gasteiger partial charge >= 0.3 is 5.97 Å². The highest BCUT2D eigenvalue weighted by molar-refractivity contribution is 5.97. The van der Waals surface area contributed by atoms with Crippen LogP contribution in [0.2, 0.25) is 0 Å². The van der Waals surface area contributed by atoms with Gasteiger partial charge in [0.25, 0.3) is 0 Å². The zero-order valence-electron chi connectivity index (χ0n) is 25.2. The summed E-state index contributed by atoms with van der Waals surface area (Å²) < 4.78 is 5.26. The first-order chi connectivity index (χ1) is 17.6. The molecule has 0 amide bonds. The van der Waals surface area contributed by atoms with Gasteiger partial charge in [-0.2, -0.15) is 0 Å². The average Bonchev–Trinajstić information content (AvgIpc) is 3.01. The number of aliphatic hydroxyl groups is 4. The topological polar surface area (TPSA) is 124 Å². The van der Waals surface area contributed by atoms with Gasteiger partial charge in [-0.1, -0.05) is 46.3 Å². The molecule has 0 spiro atoms. The Morgan fingerprint density at radius 3 is 2.21 bits per heavy atom. The minimum absolute atomic E-state index is 0.121. The summed E-state index contributed by atoms with van der Waals surface area (Å²) in [6.45, 7) is 16.9. The fraction of sp³-hybridized carbons (Fsp3) is 0.812. The second-order valence-electron chi connectivity index (χ2n) is 15.1. The molecular weight excluding hydrogens is 496 g/mol. The van der Waals surface area contributed by atoms with Gasteiger partial charge in [-0.25, -0.2) is 0 Å². The summed E-state index contributed by atoms with van der Waals surface area (Å²) in [5.74, 6) is -1.34. The van der Waals surface area contributed by atoms with E-state index in [4.69, 9.17) is 4.74 Å². The molecule has 7 nitrogen and oxygen atoms in total. The zero-order chi connectivity index (χ0) is 29.6. The number of ketones is 1. The van der Waals surface area contributed by atoms with E-state index in [-0.39, 0.29) is 22.7 Å². The first kappa shape index (κ1) is 30.4. The van der Waals surface area contributed by atoms with Crippen LogP contribution in [0.25, 0.3) is 0 Å². The third-order valence-corrected chi connectivity index (χ3v) is 12.0. The van der Waals surface area contributed by atoms with E-state index in [0.717, 1.165) is 19.3 Å². The van der Waals surface area contributed by atoms with Crippen LogP contribution in [0.4, 0.5) is 0 Å². The SMILES string of the molecule is CC(=O)OC(C)(C)C=CC(=O)C(C)(O)C1C(O)CC2(C)C3CC=C4C(CC(O)C(O)C4(C)C)C3(C)CCC12C. The Labute approximate surface area is 233 Å². The van der Waals surface area contributed by atoms with Gasteiger partial charge in [0.05, 0.1) is 18.3 Å². The van der Waals surface area contributed by atoms with Gasteiger partial charge in [0.15, 0.2) is 5.78 Å². The normalized spacial score (nSPS) is 45.0. The number of hydrogen-bond acceptors (Lipinski definition) is 7. The minimum atomic E-state index is -1.81. The lowest BCUT2D eigenvalue weighted by Crippen LogP contribution is -2.62. The van der Waals surface area contributed by atoms with Crippen molar-refractivity contribution in [3.8, 4) is 0 Å². The van der Waals surface area contributed by atoms with E-state index in [0.29, 0.717) is 12.8 Å². The van der Waals surface area contributed by atoms with Crippen LogP contribution in [0.15, 0.2) is 23.8 Å². The van der Waals surface area contributed by atoms with E-state index in [1.165, 1.54) is 31.6 Å². The van der Waals surface area contributed by atoms with Crippen LogP contribution < -0.4 is 0 Å². The predicted molar refractivity (Wildman–Crippen MR) is 148 cm³/mol. The van der Waals surface area contributed by atoms with Gasteiger partial charge in [0.1, 0.15) is 11.2 Å². The fourth-order valence-electron chi connectivity index (χ4n) is 9.79. The molecule has 3 saturated carbocycles. The molecule has 220 valence electrons. The molecule has 3 fully saturated rings. The smallest absolute Gasteiger partial charge is 0.303 e. The summed E-state index contributed by atoms with van der Waals surface area (Å²) in [7, 11) is 0. The number of carbonyl (C=O) groups is 2. The quantitative estimate of drug-likeness (QED) is 0.232. The molecule has 0 heterocycles. The zero-order valence-corrected chi connectivity index (χ0v) is 25.2. The molecule has 4 aliphatic carbocycles. The molecule has 0 aromatic heterocycles. The van der Waals surface area contributed by atoms with Gasteiger partial charge in [-0.05, 0) is 93.1 Å². The number of hydrogen-bond donors (Lipinski definition) is 4. The monoisotopic (exact) mass is 546 g/mol. The van der Waals surface area contributed by atoms with E-state index < -0.39 is 58.0 Å². The van der Waals surface area contributed by atoms with Crippen molar-refractivity contribution in [1.29, 1.82) is 0 Å². The molecule has 0 saturated heterocycles. The highest BCUT2D eigenvalue weighted by Gasteiger charge is 2.72. The Balaban J connectivity index is 1.69. The number of esters is 1. The lowest BCUT2D eigenvalue weighted by Gasteiger charge is -2.66. The molecule has 0 bridgehead atoms. The lowest BCUT2D eigenvalue weighted by atomic mass is 9.38. The fourth-order valence-corrected chi connectivity index (χ4v) is 9.79. The summed E-state index contributed by atoms with van der Waals surface area (Å²) in [5.41, 5.74) is -3.12. The van der Waals surface area contributed by atoms with Crippen molar-refractivity contribution in [2.75, 3.05) is 0 Å². The van der Waals surface area contributed by atoms with E-state index in [2.05, 4.69) is 26.8 Å². The van der Waals surface area contributed by atoms with Crippen LogP contribution in [0, 0.1) is 39.4 Å². The molecule has 0 radical (unpaired) electrons. The lowest BCUT2D eigenvalue weighted by molar-refractivity contribution is -0.180. The number of fused-ring (bicyclic) bond motifs is 5. The minimum Gasteiger partial charge on any atom is -0.456 e. The Morgan fingerprint density at radius 2 is 1.62 bits per heavy atom. The van der Waals surface area contributed by atoms with Crippen LogP contribution in [-0.2, 0) is 14.3 Å². The Morgan fingerprint density at radius 1 is 1.00 bits per heavy atom. The van der Waals surface area contributed by atoms with Crippen LogP contribution in [-0.4, -0.2) is 61.7 Å². The number of allylic oxidation sites excluding steroid dienone is 1. The van der Waals surface area contributed by atoms with Crippen molar-refractivity contribution in [2.24, 2.45) is 39.4 Å². The molecule has 7 heteroatoms. The van der Waals surface area contributed by atoms with E-state index >= 15 is 0 Å². The third-order valence-electron chi connectivity index (χ3n) is 12.0. The Hall–Kier alpha value is -1.54. The van der Waals surface area contributed by atoms with Crippen LogP contribution in [0.5, 0.6) is 0 Å². The first-order valence-electron chi connectivity index (χ1n) is 14.6. The summed E-state index contributed by atoms with van der Waals surface area (Å²) in [4.78, 5) is 24.9. The third kappa shape index (κ3) is 4.38. The molecule has 4 rings (SSSR count). The highest BCUT2D eigenvalue weighted by atomic mass is 16.6. The second kappa shape index (κ2) is 9.23. The molecular formula is C32H50O7. The van der Waals surface area contributed by atoms with Crippen molar-refractivity contribution >= 4 is 11.8 Å². The summed E-state index contributed by atoms with van der Waals surface area (Å²) in [6, 6.07) is 0. The van der Waals surface area contributed by atoms with Gasteiger partial charge in [0.2, 0.25) is 0 Å². The van der Waals surface area contributed by atoms with Crippen LogP contribution in [0.1, 0.15) is 94.4 Å². The standard InChI is InChI=1S/C32H50O7/c1-18(33)39-27(2,3)13-12-24(36)32(9,38)25-22(35)17-31(8)23-11-10-19-20(16-21(34)26(37)28(19,4)5)29(23,6)14-15-30(25,31)7/h10,12-13,20-23,25-26,34-35,37-38H,11,14-17H2,1-9H3. The van der Waals surface area contributed by atoms with Crippen molar-refractivity contribution in [2.45, 2.75) is 124 Å². The number of rotatable bonds is 5. The molecule has 10 atom stereocenters. The van der Waals surface area contributed by atoms with Gasteiger partial charge < -0.3 is 25.2 Å². The van der Waals surface area contributed by atoms with Gasteiger partial charge in [-0.3, -0.25) is 9.59 Å². The van der Waals surface area contributed by atoms with E-state index in [1.54, 1.807) is 13.8 Å². The number of ether oxygens (including phenoxy) is 1. The maximum atomic E-state index is 13.5. The second-order valence-corrected chi connectivity index (χ2v) is 15.1. The van der Waals surface area contributed by atoms with Crippen molar-refractivity contribution < 1.29 is 34.8 Å². The molecule has 4 aliphatic rings.